The van der Waals surface area contributed by atoms with Gasteiger partial charge in [-0.2, -0.15) is 0 Å². The molecule has 1 amide bonds. The molecule has 2 N–H and O–H groups in total. The molecule has 2 aromatic rings. The second kappa shape index (κ2) is 8.16. The van der Waals surface area contributed by atoms with Gasteiger partial charge in [0.2, 0.25) is 5.91 Å². The van der Waals surface area contributed by atoms with Gasteiger partial charge in [0.25, 0.3) is 0 Å². The van der Waals surface area contributed by atoms with Gasteiger partial charge in [0, 0.05) is 28.8 Å². The van der Waals surface area contributed by atoms with Crippen LogP contribution in [0.5, 0.6) is 0 Å². The molecule has 0 aromatic heterocycles. The summed E-state index contributed by atoms with van der Waals surface area (Å²) < 4.78 is 1.06. The van der Waals surface area contributed by atoms with Gasteiger partial charge in [-0.05, 0) is 48.2 Å². The minimum Gasteiger partial charge on any atom is -0.384 e. The molecule has 0 aliphatic heterocycles. The SMILES string of the molecule is Cc1cc(Br)ccc1NCCC(=O)Nc1ccccc1C(C)C. The zero-order chi connectivity index (χ0) is 16.8. The number of carbonyl (C=O) groups is 1. The molecule has 0 unspecified atom stereocenters. The maximum Gasteiger partial charge on any atom is 0.226 e. The van der Waals surface area contributed by atoms with Crippen molar-refractivity contribution in [2.75, 3.05) is 17.2 Å². The highest BCUT2D eigenvalue weighted by Gasteiger charge is 2.09. The molecule has 0 saturated heterocycles. The van der Waals surface area contributed by atoms with E-state index in [2.05, 4.69) is 52.5 Å². The Hall–Kier alpha value is -1.81. The Kier molecular flexibility index (Phi) is 6.22. The summed E-state index contributed by atoms with van der Waals surface area (Å²) in [7, 11) is 0. The average molecular weight is 375 g/mol. The summed E-state index contributed by atoms with van der Waals surface area (Å²) in [6, 6.07) is 14.0. The lowest BCUT2D eigenvalue weighted by molar-refractivity contribution is -0.115. The Balaban J connectivity index is 1.88. The number of hydrogen-bond donors (Lipinski definition) is 2. The first-order valence-corrected chi connectivity index (χ1v) is 8.65. The Morgan fingerprint density at radius 3 is 2.57 bits per heavy atom. The summed E-state index contributed by atoms with van der Waals surface area (Å²) >= 11 is 3.45. The monoisotopic (exact) mass is 374 g/mol. The third-order valence-electron chi connectivity index (χ3n) is 3.71. The second-order valence-electron chi connectivity index (χ2n) is 5.93. The first-order valence-electron chi connectivity index (χ1n) is 7.86. The van der Waals surface area contributed by atoms with Gasteiger partial charge in [0.15, 0.2) is 0 Å². The molecular formula is C19H23BrN2O. The molecule has 0 saturated carbocycles. The van der Waals surface area contributed by atoms with Crippen molar-refractivity contribution in [3.63, 3.8) is 0 Å². The highest BCUT2D eigenvalue weighted by molar-refractivity contribution is 9.10. The molecule has 0 heterocycles. The number of nitrogens with one attached hydrogen (secondary N) is 2. The van der Waals surface area contributed by atoms with E-state index in [0.29, 0.717) is 18.9 Å². The average Bonchev–Trinajstić information content (AvgIpc) is 2.50. The van der Waals surface area contributed by atoms with E-state index in [1.165, 1.54) is 0 Å². The van der Waals surface area contributed by atoms with E-state index in [1.807, 2.05) is 37.3 Å². The summed E-state index contributed by atoms with van der Waals surface area (Å²) in [4.78, 5) is 12.2. The Bertz CT molecular complexity index is 683. The van der Waals surface area contributed by atoms with Gasteiger partial charge in [-0.3, -0.25) is 4.79 Å². The minimum absolute atomic E-state index is 0.0281. The maximum atomic E-state index is 12.2. The quantitative estimate of drug-likeness (QED) is 0.717. The van der Waals surface area contributed by atoms with Crippen LogP contribution in [0.3, 0.4) is 0 Å². The lowest BCUT2D eigenvalue weighted by atomic mass is 10.0. The normalized spacial score (nSPS) is 10.7. The van der Waals surface area contributed by atoms with Crippen LogP contribution >= 0.6 is 15.9 Å². The molecule has 0 bridgehead atoms. The lowest BCUT2D eigenvalue weighted by Crippen LogP contribution is -2.17. The molecule has 0 atom stereocenters. The van der Waals surface area contributed by atoms with Crippen LogP contribution in [0.25, 0.3) is 0 Å². The first-order chi connectivity index (χ1) is 11.0. The highest BCUT2D eigenvalue weighted by Crippen LogP contribution is 2.24. The van der Waals surface area contributed by atoms with E-state index >= 15 is 0 Å². The molecule has 23 heavy (non-hydrogen) atoms. The molecule has 0 aliphatic rings. The van der Waals surface area contributed by atoms with E-state index < -0.39 is 0 Å². The van der Waals surface area contributed by atoms with Crippen molar-refractivity contribution in [1.82, 2.24) is 0 Å². The fourth-order valence-electron chi connectivity index (χ4n) is 2.46. The van der Waals surface area contributed by atoms with Gasteiger partial charge < -0.3 is 10.6 Å². The van der Waals surface area contributed by atoms with Crippen LogP contribution in [0.2, 0.25) is 0 Å². The number of halogens is 1. The van der Waals surface area contributed by atoms with Crippen LogP contribution in [-0.2, 0) is 4.79 Å². The Morgan fingerprint density at radius 1 is 1.13 bits per heavy atom. The molecule has 2 aromatic carbocycles. The van der Waals surface area contributed by atoms with E-state index in [0.717, 1.165) is 27.0 Å². The number of carbonyl (C=O) groups excluding carboxylic acids is 1. The largest absolute Gasteiger partial charge is 0.384 e. The van der Waals surface area contributed by atoms with Crippen LogP contribution < -0.4 is 10.6 Å². The first kappa shape index (κ1) is 17.5. The smallest absolute Gasteiger partial charge is 0.226 e. The van der Waals surface area contributed by atoms with E-state index in [9.17, 15) is 4.79 Å². The number of para-hydroxylation sites is 1. The fraction of sp³-hybridized carbons (Fsp3) is 0.316. The van der Waals surface area contributed by atoms with Crippen molar-refractivity contribution < 1.29 is 4.79 Å². The van der Waals surface area contributed by atoms with Gasteiger partial charge in [-0.25, -0.2) is 0 Å². The van der Waals surface area contributed by atoms with Gasteiger partial charge in [0.1, 0.15) is 0 Å². The summed E-state index contributed by atoms with van der Waals surface area (Å²) in [6.45, 7) is 6.91. The molecule has 0 aliphatic carbocycles. The summed E-state index contributed by atoms with van der Waals surface area (Å²) in [5, 5.41) is 6.33. The topological polar surface area (TPSA) is 41.1 Å². The molecule has 0 spiro atoms. The minimum atomic E-state index is 0.0281. The number of anilines is 2. The van der Waals surface area contributed by atoms with Crippen LogP contribution in [0.4, 0.5) is 11.4 Å². The molecule has 2 rings (SSSR count). The third-order valence-corrected chi connectivity index (χ3v) is 4.21. The zero-order valence-corrected chi connectivity index (χ0v) is 15.4. The van der Waals surface area contributed by atoms with Crippen LogP contribution in [0.15, 0.2) is 46.9 Å². The van der Waals surface area contributed by atoms with Crippen molar-refractivity contribution in [3.05, 3.63) is 58.1 Å². The third kappa shape index (κ3) is 5.10. The number of benzene rings is 2. The molecular weight excluding hydrogens is 352 g/mol. The van der Waals surface area contributed by atoms with Crippen molar-refractivity contribution >= 4 is 33.2 Å². The maximum absolute atomic E-state index is 12.2. The highest BCUT2D eigenvalue weighted by atomic mass is 79.9. The van der Waals surface area contributed by atoms with Crippen molar-refractivity contribution in [2.45, 2.75) is 33.1 Å². The molecule has 122 valence electrons. The van der Waals surface area contributed by atoms with Gasteiger partial charge in [-0.15, -0.1) is 0 Å². The number of aryl methyl sites for hydroxylation is 1. The summed E-state index contributed by atoms with van der Waals surface area (Å²) in [5.41, 5.74) is 4.29. The van der Waals surface area contributed by atoms with Gasteiger partial charge >= 0.3 is 0 Å². The fourth-order valence-corrected chi connectivity index (χ4v) is 2.94. The van der Waals surface area contributed by atoms with Gasteiger partial charge in [-0.1, -0.05) is 48.0 Å². The summed E-state index contributed by atoms with van der Waals surface area (Å²) in [5.74, 6) is 0.412. The summed E-state index contributed by atoms with van der Waals surface area (Å²) in [6.07, 6.45) is 0.432. The lowest BCUT2D eigenvalue weighted by Gasteiger charge is -2.14. The van der Waals surface area contributed by atoms with Gasteiger partial charge in [0.05, 0.1) is 0 Å². The number of rotatable bonds is 6. The van der Waals surface area contributed by atoms with E-state index in [4.69, 9.17) is 0 Å². The predicted octanol–water partition coefficient (Wildman–Crippen LogP) is 5.32. The molecule has 3 nitrogen and oxygen atoms in total. The van der Waals surface area contributed by atoms with Crippen LogP contribution in [0.1, 0.15) is 37.3 Å². The zero-order valence-electron chi connectivity index (χ0n) is 13.8. The molecule has 0 radical (unpaired) electrons. The van der Waals surface area contributed by atoms with Crippen molar-refractivity contribution in [3.8, 4) is 0 Å². The van der Waals surface area contributed by atoms with Crippen molar-refractivity contribution in [2.24, 2.45) is 0 Å². The molecule has 0 fully saturated rings. The molecule has 4 heteroatoms. The Labute approximate surface area is 146 Å². The van der Waals surface area contributed by atoms with E-state index in [1.54, 1.807) is 0 Å². The van der Waals surface area contributed by atoms with Crippen LogP contribution in [-0.4, -0.2) is 12.5 Å². The second-order valence-corrected chi connectivity index (χ2v) is 6.84. The van der Waals surface area contributed by atoms with E-state index in [-0.39, 0.29) is 5.91 Å². The Morgan fingerprint density at radius 2 is 1.87 bits per heavy atom. The number of amides is 1. The van der Waals surface area contributed by atoms with Crippen molar-refractivity contribution in [1.29, 1.82) is 0 Å². The predicted molar refractivity (Wildman–Crippen MR) is 101 cm³/mol. The number of hydrogen-bond acceptors (Lipinski definition) is 2. The van der Waals surface area contributed by atoms with Crippen LogP contribution in [0, 0.1) is 6.92 Å². The standard InChI is InChI=1S/C19H23BrN2O/c1-13(2)16-6-4-5-7-18(16)22-19(23)10-11-21-17-9-8-15(20)12-14(17)3/h4-9,12-13,21H,10-11H2,1-3H3,(H,22,23).